The van der Waals surface area contributed by atoms with Crippen molar-refractivity contribution < 1.29 is 26.4 Å². The fraction of sp³-hybridized carbons (Fsp3) is 0.125. The van der Waals surface area contributed by atoms with Crippen LogP contribution in [0.5, 0.6) is 0 Å². The summed E-state index contributed by atoms with van der Waals surface area (Å²) in [4.78, 5) is 25.6. The molecule has 39 heavy (non-hydrogen) atoms. The number of anilines is 2. The van der Waals surface area contributed by atoms with E-state index in [0.717, 1.165) is 12.1 Å². The quantitative estimate of drug-likeness (QED) is 0.294. The number of rotatable bonds is 6. The molecule has 5 rings (SSSR count). The summed E-state index contributed by atoms with van der Waals surface area (Å²) in [5, 5.41) is 8.04. The van der Waals surface area contributed by atoms with Crippen LogP contribution in [0.25, 0.3) is 16.2 Å². The van der Waals surface area contributed by atoms with Crippen LogP contribution in [0.3, 0.4) is 0 Å². The highest BCUT2D eigenvalue weighted by molar-refractivity contribution is 7.92. The number of aryl methyl sites for hydroxylation is 2. The monoisotopic (exact) mass is 573 g/mol. The molecule has 1 aromatic carbocycles. The average molecular weight is 574 g/mol. The minimum Gasteiger partial charge on any atom is -0.321 e. The van der Waals surface area contributed by atoms with Crippen LogP contribution in [0.4, 0.5) is 24.8 Å². The van der Waals surface area contributed by atoms with E-state index in [0.29, 0.717) is 20.8 Å². The largest absolute Gasteiger partial charge is 0.433 e. The number of alkyl halides is 3. The molecule has 4 heterocycles. The number of fused-ring (bicyclic) bond motifs is 1. The van der Waals surface area contributed by atoms with E-state index in [1.54, 1.807) is 37.4 Å². The predicted molar refractivity (Wildman–Crippen MR) is 138 cm³/mol. The molecule has 0 fully saturated rings. The number of nitrogens with zero attached hydrogens (tertiary/aromatic N) is 5. The zero-order valence-corrected chi connectivity index (χ0v) is 21.8. The van der Waals surface area contributed by atoms with E-state index in [1.165, 1.54) is 35.6 Å². The third-order valence-corrected chi connectivity index (χ3v) is 7.59. The van der Waals surface area contributed by atoms with Crippen LogP contribution in [-0.2, 0) is 16.2 Å². The number of halogens is 3. The molecule has 0 atom stereocenters. The van der Waals surface area contributed by atoms with Crippen molar-refractivity contribution in [1.82, 2.24) is 24.6 Å². The van der Waals surface area contributed by atoms with Gasteiger partial charge in [-0.15, -0.1) is 11.3 Å². The van der Waals surface area contributed by atoms with Crippen molar-refractivity contribution in [3.05, 3.63) is 82.8 Å². The van der Waals surface area contributed by atoms with Gasteiger partial charge in [0.15, 0.2) is 17.0 Å². The number of thiophene rings is 1. The van der Waals surface area contributed by atoms with Crippen LogP contribution in [0.2, 0.25) is 0 Å². The van der Waals surface area contributed by atoms with Crippen molar-refractivity contribution in [3.63, 3.8) is 0 Å². The van der Waals surface area contributed by atoms with E-state index < -0.39 is 27.8 Å². The van der Waals surface area contributed by atoms with E-state index >= 15 is 0 Å². The summed E-state index contributed by atoms with van der Waals surface area (Å²) in [6.07, 6.45) is -4.75. The molecule has 4 aromatic heterocycles. The van der Waals surface area contributed by atoms with Crippen molar-refractivity contribution >= 4 is 44.6 Å². The topological polar surface area (TPSA) is 131 Å². The fourth-order valence-corrected chi connectivity index (χ4v) is 5.33. The van der Waals surface area contributed by atoms with E-state index in [1.807, 2.05) is 0 Å². The molecular weight excluding hydrogens is 555 g/mol. The first-order chi connectivity index (χ1) is 18.4. The molecule has 0 radical (unpaired) electrons. The van der Waals surface area contributed by atoms with Crippen LogP contribution in [-0.4, -0.2) is 38.9 Å². The van der Waals surface area contributed by atoms with Crippen LogP contribution in [0.1, 0.15) is 27.6 Å². The lowest BCUT2D eigenvalue weighted by molar-refractivity contribution is -0.142. The summed E-state index contributed by atoms with van der Waals surface area (Å²) in [7, 11) is -4.02. The molecule has 0 unspecified atom stereocenters. The smallest absolute Gasteiger partial charge is 0.321 e. The third kappa shape index (κ3) is 5.58. The van der Waals surface area contributed by atoms with Gasteiger partial charge in [0.1, 0.15) is 0 Å². The number of hydrogen-bond donors (Lipinski definition) is 2. The molecule has 1 amide bonds. The van der Waals surface area contributed by atoms with Gasteiger partial charge in [0, 0.05) is 23.1 Å². The zero-order valence-electron chi connectivity index (χ0n) is 20.2. The Hall–Kier alpha value is -4.37. The Bertz CT molecular complexity index is 1780. The maximum Gasteiger partial charge on any atom is 0.433 e. The standard InChI is InChI=1S/C24H18F3N7O3S2/c1-13-10-14(2)29-23(28-13)33-39(36,37)16-7-5-15(6-8-16)30-22(35)18-12-21-31-17(19-4-3-9-38-19)11-20(24(25,26)27)34(21)32-18/h3-12H,1-2H3,(H,30,35)(H,28,29,33). The third-order valence-electron chi connectivity index (χ3n) is 5.35. The second-order valence-corrected chi connectivity index (χ2v) is 11.0. The Morgan fingerprint density at radius 2 is 1.67 bits per heavy atom. The fourth-order valence-electron chi connectivity index (χ4n) is 3.70. The highest BCUT2D eigenvalue weighted by atomic mass is 32.2. The van der Waals surface area contributed by atoms with Gasteiger partial charge in [-0.05, 0) is 61.7 Å². The van der Waals surface area contributed by atoms with Crippen molar-refractivity contribution in [1.29, 1.82) is 0 Å². The van der Waals surface area contributed by atoms with Crippen molar-refractivity contribution in [2.24, 2.45) is 0 Å². The molecule has 0 saturated carbocycles. The SMILES string of the molecule is Cc1cc(C)nc(NS(=O)(=O)c2ccc(NC(=O)c3cc4nc(-c5cccs5)cc(C(F)(F)F)n4n3)cc2)n1. The minimum absolute atomic E-state index is 0.0780. The zero-order chi connectivity index (χ0) is 27.9. The average Bonchev–Trinajstić information content (AvgIpc) is 3.52. The maximum absolute atomic E-state index is 13.8. The Balaban J connectivity index is 1.38. The number of carbonyl (C=O) groups excluding carboxylic acids is 1. The Labute approximate surface area is 223 Å². The number of hydrogen-bond acceptors (Lipinski definition) is 8. The molecule has 15 heteroatoms. The molecule has 0 bridgehead atoms. The van der Waals surface area contributed by atoms with Gasteiger partial charge in [0.05, 0.1) is 15.5 Å². The number of amides is 1. The number of aromatic nitrogens is 5. The van der Waals surface area contributed by atoms with Gasteiger partial charge in [0.25, 0.3) is 15.9 Å². The second-order valence-electron chi connectivity index (χ2n) is 8.36. The molecule has 0 aliphatic carbocycles. The van der Waals surface area contributed by atoms with Gasteiger partial charge in [-0.1, -0.05) is 6.07 Å². The lowest BCUT2D eigenvalue weighted by Crippen LogP contribution is -2.17. The molecule has 0 aliphatic heterocycles. The van der Waals surface area contributed by atoms with Crippen molar-refractivity contribution in [2.45, 2.75) is 24.9 Å². The Morgan fingerprint density at radius 1 is 0.974 bits per heavy atom. The number of sulfonamides is 1. The second kappa shape index (κ2) is 9.74. The molecule has 200 valence electrons. The summed E-state index contributed by atoms with van der Waals surface area (Å²) in [5.41, 5.74) is -0.0581. The molecule has 0 saturated heterocycles. The Morgan fingerprint density at radius 3 is 2.28 bits per heavy atom. The van der Waals surface area contributed by atoms with E-state index in [-0.39, 0.29) is 33.6 Å². The number of carbonyl (C=O) groups is 1. The normalized spacial score (nSPS) is 12.0. The minimum atomic E-state index is -4.75. The van der Waals surface area contributed by atoms with Crippen LogP contribution >= 0.6 is 11.3 Å². The number of benzene rings is 1. The lowest BCUT2D eigenvalue weighted by atomic mass is 10.2. The van der Waals surface area contributed by atoms with Crippen molar-refractivity contribution in [2.75, 3.05) is 10.0 Å². The van der Waals surface area contributed by atoms with E-state index in [9.17, 15) is 26.4 Å². The number of nitrogens with one attached hydrogen (secondary N) is 2. The van der Waals surface area contributed by atoms with Gasteiger partial charge < -0.3 is 5.32 Å². The molecule has 10 nitrogen and oxygen atoms in total. The highest BCUT2D eigenvalue weighted by Gasteiger charge is 2.35. The summed E-state index contributed by atoms with van der Waals surface area (Å²) < 4.78 is 69.6. The first-order valence-electron chi connectivity index (χ1n) is 11.2. The van der Waals surface area contributed by atoms with Gasteiger partial charge in [0.2, 0.25) is 5.95 Å². The molecule has 5 aromatic rings. The van der Waals surface area contributed by atoms with Gasteiger partial charge >= 0.3 is 6.18 Å². The summed E-state index contributed by atoms with van der Waals surface area (Å²) in [6, 6.07) is 12.2. The summed E-state index contributed by atoms with van der Waals surface area (Å²) in [5.74, 6) is -0.880. The first kappa shape index (κ1) is 26.2. The van der Waals surface area contributed by atoms with E-state index in [4.69, 9.17) is 0 Å². The molecule has 0 aliphatic rings. The summed E-state index contributed by atoms with van der Waals surface area (Å²) >= 11 is 1.23. The van der Waals surface area contributed by atoms with Crippen LogP contribution in [0, 0.1) is 13.8 Å². The highest BCUT2D eigenvalue weighted by Crippen LogP contribution is 2.33. The predicted octanol–water partition coefficient (Wildman–Crippen LogP) is 4.94. The molecular formula is C24H18F3N7O3S2. The lowest BCUT2D eigenvalue weighted by Gasteiger charge is -2.10. The van der Waals surface area contributed by atoms with Gasteiger partial charge in [-0.25, -0.2) is 32.6 Å². The van der Waals surface area contributed by atoms with Gasteiger partial charge in [-0.3, -0.25) is 4.79 Å². The van der Waals surface area contributed by atoms with Crippen LogP contribution in [0.15, 0.2) is 64.9 Å². The van der Waals surface area contributed by atoms with E-state index in [2.05, 4.69) is 30.1 Å². The maximum atomic E-state index is 13.8. The van der Waals surface area contributed by atoms with Crippen molar-refractivity contribution in [3.8, 4) is 10.6 Å². The summed E-state index contributed by atoms with van der Waals surface area (Å²) in [6.45, 7) is 3.41. The molecule has 0 spiro atoms. The Kier molecular flexibility index (Phi) is 6.56. The molecule has 2 N–H and O–H groups in total. The first-order valence-corrected chi connectivity index (χ1v) is 13.5. The van der Waals surface area contributed by atoms with Gasteiger partial charge in [-0.2, -0.15) is 18.3 Å². The van der Waals surface area contributed by atoms with Crippen LogP contribution < -0.4 is 10.0 Å².